The Kier molecular flexibility index (Phi) is 4.72. The van der Waals surface area contributed by atoms with Crippen LogP contribution in [0.3, 0.4) is 0 Å². The first-order valence-corrected chi connectivity index (χ1v) is 9.52. The fraction of sp³-hybridized carbons (Fsp3) is 0.263. The first-order valence-electron chi connectivity index (χ1n) is 7.97. The van der Waals surface area contributed by atoms with Gasteiger partial charge in [0.2, 0.25) is 9.84 Å². The van der Waals surface area contributed by atoms with E-state index in [9.17, 15) is 8.42 Å². The summed E-state index contributed by atoms with van der Waals surface area (Å²) in [7, 11) is -0.407. The monoisotopic (exact) mass is 359 g/mol. The molecule has 0 aliphatic carbocycles. The molecule has 2 aromatic carbocycles. The molecule has 0 radical (unpaired) electrons. The number of nitrogens with one attached hydrogen (secondary N) is 1. The minimum absolute atomic E-state index is 0.286. The van der Waals surface area contributed by atoms with Crippen LogP contribution in [0.25, 0.3) is 5.70 Å². The van der Waals surface area contributed by atoms with Crippen molar-refractivity contribution in [2.45, 2.75) is 18.2 Å². The smallest absolute Gasteiger partial charge is 0.201 e. The van der Waals surface area contributed by atoms with Crippen molar-refractivity contribution in [2.24, 2.45) is 0 Å². The zero-order valence-corrected chi connectivity index (χ0v) is 15.3. The molecule has 6 heteroatoms. The Labute approximate surface area is 148 Å². The van der Waals surface area contributed by atoms with Gasteiger partial charge in [0.15, 0.2) is 11.5 Å². The number of ether oxygens (including phenoxy) is 2. The molecule has 1 aliphatic heterocycles. The first kappa shape index (κ1) is 17.4. The van der Waals surface area contributed by atoms with Crippen molar-refractivity contribution in [1.29, 1.82) is 0 Å². The third kappa shape index (κ3) is 3.49. The van der Waals surface area contributed by atoms with Gasteiger partial charge in [-0.2, -0.15) is 0 Å². The largest absolute Gasteiger partial charge is 0.493 e. The molecule has 0 spiro atoms. The normalized spacial score (nSPS) is 15.4. The van der Waals surface area contributed by atoms with Crippen LogP contribution >= 0.6 is 0 Å². The van der Waals surface area contributed by atoms with Crippen LogP contribution in [0.5, 0.6) is 11.5 Å². The average molecular weight is 359 g/mol. The Morgan fingerprint density at radius 1 is 1.08 bits per heavy atom. The number of sulfone groups is 1. The van der Waals surface area contributed by atoms with Crippen molar-refractivity contribution in [3.8, 4) is 11.5 Å². The minimum Gasteiger partial charge on any atom is -0.493 e. The van der Waals surface area contributed by atoms with Crippen LogP contribution < -0.4 is 14.8 Å². The maximum absolute atomic E-state index is 12.8. The third-order valence-corrected chi connectivity index (χ3v) is 5.66. The first-order chi connectivity index (χ1) is 11.9. The molecule has 0 saturated carbocycles. The molecule has 3 rings (SSSR count). The van der Waals surface area contributed by atoms with Gasteiger partial charge in [0.1, 0.15) is 0 Å². The van der Waals surface area contributed by atoms with E-state index >= 15 is 0 Å². The summed E-state index contributed by atoms with van der Waals surface area (Å²) in [6.07, 6.45) is 0.789. The van der Waals surface area contributed by atoms with Gasteiger partial charge in [-0.15, -0.1) is 0 Å². The summed E-state index contributed by atoms with van der Waals surface area (Å²) >= 11 is 0. The lowest BCUT2D eigenvalue weighted by atomic mass is 9.98. The van der Waals surface area contributed by atoms with Gasteiger partial charge in [-0.25, -0.2) is 8.42 Å². The van der Waals surface area contributed by atoms with Gasteiger partial charge < -0.3 is 14.8 Å². The molecular formula is C19H21NO4S. The maximum Gasteiger partial charge on any atom is 0.201 e. The summed E-state index contributed by atoms with van der Waals surface area (Å²) in [6, 6.07) is 10.6. The van der Waals surface area contributed by atoms with E-state index in [-0.39, 0.29) is 4.90 Å². The van der Waals surface area contributed by atoms with Crippen molar-refractivity contribution in [2.75, 3.05) is 20.8 Å². The second kappa shape index (κ2) is 6.80. The van der Waals surface area contributed by atoms with Gasteiger partial charge in [0.05, 0.1) is 30.2 Å². The van der Waals surface area contributed by atoms with E-state index in [1.165, 1.54) is 5.41 Å². The number of fused-ring (bicyclic) bond motifs is 1. The van der Waals surface area contributed by atoms with Gasteiger partial charge in [0, 0.05) is 12.1 Å². The number of methoxy groups -OCH3 is 2. The lowest BCUT2D eigenvalue weighted by Gasteiger charge is -2.23. The number of hydrogen-bond donors (Lipinski definition) is 1. The topological polar surface area (TPSA) is 64.6 Å². The molecule has 132 valence electrons. The van der Waals surface area contributed by atoms with Crippen LogP contribution in [0.15, 0.2) is 46.7 Å². The Hall–Kier alpha value is -2.47. The van der Waals surface area contributed by atoms with E-state index in [2.05, 4.69) is 5.32 Å². The molecule has 0 aromatic heterocycles. The average Bonchev–Trinajstić information content (AvgIpc) is 2.60. The zero-order valence-electron chi connectivity index (χ0n) is 14.5. The fourth-order valence-electron chi connectivity index (χ4n) is 2.93. The van der Waals surface area contributed by atoms with Gasteiger partial charge >= 0.3 is 0 Å². The minimum atomic E-state index is -3.56. The number of benzene rings is 2. The third-order valence-electron chi connectivity index (χ3n) is 4.20. The van der Waals surface area contributed by atoms with E-state index in [1.54, 1.807) is 32.4 Å². The van der Waals surface area contributed by atoms with Crippen LogP contribution in [0.2, 0.25) is 0 Å². The van der Waals surface area contributed by atoms with Crippen LogP contribution in [0, 0.1) is 6.92 Å². The van der Waals surface area contributed by atoms with Gasteiger partial charge in [-0.3, -0.25) is 0 Å². The fourth-order valence-corrected chi connectivity index (χ4v) is 4.20. The molecule has 0 unspecified atom stereocenters. The summed E-state index contributed by atoms with van der Waals surface area (Å²) in [4.78, 5) is 0.286. The second-order valence-corrected chi connectivity index (χ2v) is 7.73. The maximum atomic E-state index is 12.8. The SMILES string of the molecule is COc1cc2c(cc1OC)C(=CS(=O)(=O)c1cccc(C)c1)NCC2. The van der Waals surface area contributed by atoms with Crippen molar-refractivity contribution in [3.05, 3.63) is 58.5 Å². The number of rotatable bonds is 4. The highest BCUT2D eigenvalue weighted by atomic mass is 32.2. The van der Waals surface area contributed by atoms with E-state index < -0.39 is 9.84 Å². The Morgan fingerprint density at radius 3 is 2.48 bits per heavy atom. The molecule has 25 heavy (non-hydrogen) atoms. The lowest BCUT2D eigenvalue weighted by molar-refractivity contribution is 0.354. The van der Waals surface area contributed by atoms with E-state index in [4.69, 9.17) is 9.47 Å². The molecule has 2 aromatic rings. The Balaban J connectivity index is 2.09. The standard InChI is InChI=1S/C19H21NO4S/c1-13-5-4-6-15(9-13)25(21,22)12-17-16-11-19(24-3)18(23-2)10-14(16)7-8-20-17/h4-6,9-12,20H,7-8H2,1-3H3. The molecule has 1 heterocycles. The molecule has 1 aliphatic rings. The molecule has 5 nitrogen and oxygen atoms in total. The van der Waals surface area contributed by atoms with Crippen LogP contribution in [-0.4, -0.2) is 29.2 Å². The highest BCUT2D eigenvalue weighted by Gasteiger charge is 2.21. The van der Waals surface area contributed by atoms with Gasteiger partial charge in [-0.1, -0.05) is 12.1 Å². The quantitative estimate of drug-likeness (QED) is 0.909. The zero-order chi connectivity index (χ0) is 18.0. The highest BCUT2D eigenvalue weighted by Crippen LogP contribution is 2.35. The summed E-state index contributed by atoms with van der Waals surface area (Å²) in [6.45, 7) is 2.54. The predicted octanol–water partition coefficient (Wildman–Crippen LogP) is 2.93. The number of hydrogen-bond acceptors (Lipinski definition) is 5. The van der Waals surface area contributed by atoms with E-state index in [1.807, 2.05) is 25.1 Å². The lowest BCUT2D eigenvalue weighted by Crippen LogP contribution is -2.23. The Morgan fingerprint density at radius 2 is 1.80 bits per heavy atom. The Bertz CT molecular complexity index is 932. The second-order valence-electron chi connectivity index (χ2n) is 5.93. The molecule has 1 N–H and O–H groups in total. The highest BCUT2D eigenvalue weighted by molar-refractivity contribution is 7.94. The van der Waals surface area contributed by atoms with Crippen LogP contribution in [0.1, 0.15) is 16.7 Å². The van der Waals surface area contributed by atoms with Gasteiger partial charge in [-0.05, 0) is 48.7 Å². The molecular weight excluding hydrogens is 338 g/mol. The summed E-state index contributed by atoms with van der Waals surface area (Å²) < 4.78 is 36.2. The predicted molar refractivity (Wildman–Crippen MR) is 97.6 cm³/mol. The molecule has 0 bridgehead atoms. The van der Waals surface area contributed by atoms with Crippen LogP contribution in [-0.2, 0) is 16.3 Å². The van der Waals surface area contributed by atoms with Crippen molar-refractivity contribution in [3.63, 3.8) is 0 Å². The van der Waals surface area contributed by atoms with Crippen molar-refractivity contribution >= 4 is 15.5 Å². The van der Waals surface area contributed by atoms with E-state index in [0.29, 0.717) is 23.7 Å². The summed E-state index contributed by atoms with van der Waals surface area (Å²) in [5, 5.41) is 4.49. The van der Waals surface area contributed by atoms with Crippen LogP contribution in [0.4, 0.5) is 0 Å². The van der Waals surface area contributed by atoms with Crippen molar-refractivity contribution < 1.29 is 17.9 Å². The molecule has 0 saturated heterocycles. The molecule has 0 fully saturated rings. The van der Waals surface area contributed by atoms with Gasteiger partial charge in [0.25, 0.3) is 0 Å². The van der Waals surface area contributed by atoms with Crippen molar-refractivity contribution in [1.82, 2.24) is 5.32 Å². The summed E-state index contributed by atoms with van der Waals surface area (Å²) in [5.41, 5.74) is 3.33. The van der Waals surface area contributed by atoms with E-state index in [0.717, 1.165) is 23.1 Å². The summed E-state index contributed by atoms with van der Waals surface area (Å²) in [5.74, 6) is 1.22. The molecule has 0 atom stereocenters. The number of aryl methyl sites for hydroxylation is 1. The molecule has 0 amide bonds.